The summed E-state index contributed by atoms with van der Waals surface area (Å²) >= 11 is 0. The summed E-state index contributed by atoms with van der Waals surface area (Å²) in [7, 11) is -4.64. The van der Waals surface area contributed by atoms with E-state index in [2.05, 4.69) is 0 Å². The van der Waals surface area contributed by atoms with Gasteiger partial charge in [0.1, 0.15) is 0 Å². The van der Waals surface area contributed by atoms with Gasteiger partial charge >= 0.3 is 60.4 Å². The van der Waals surface area contributed by atoms with E-state index in [4.69, 9.17) is 19.2 Å². The fourth-order valence-corrected chi connectivity index (χ4v) is 0. The first-order valence-corrected chi connectivity index (χ1v) is 2.35. The smallest absolute Gasteiger partial charge is 1.00 e. The summed E-state index contributed by atoms with van der Waals surface area (Å²) in [6, 6.07) is 0. The van der Waals surface area contributed by atoms with Gasteiger partial charge in [0.25, 0.3) is 0 Å². The molecule has 34 N–H and O–H groups in total. The molecule has 0 rings (SSSR count). The molecule has 0 atom stereocenters. The Hall–Kier alpha value is 1.28. The van der Waals surface area contributed by atoms with Crippen LogP contribution in [-0.4, -0.2) is 114 Å². The average molecular weight is 418 g/mol. The number of hydrogen-bond donors (Lipinski definition) is 4. The third-order valence-corrected chi connectivity index (χ3v) is 0. The van der Waals surface area contributed by atoms with Crippen molar-refractivity contribution in [1.82, 2.24) is 6.15 Å². The van der Waals surface area contributed by atoms with E-state index in [1.165, 1.54) is 0 Å². The predicted molar refractivity (Wildman–Crippen MR) is 79.0 cm³/mol. The van der Waals surface area contributed by atoms with Crippen molar-refractivity contribution in [3.63, 3.8) is 0 Å². The second-order valence-electron chi connectivity index (χ2n) is 0.513. The average Bonchev–Trinajstić information content (AvgIpc) is 0.722. The molecule has 0 spiro atoms. The van der Waals surface area contributed by atoms with E-state index in [0.29, 0.717) is 0 Å². The summed E-state index contributed by atoms with van der Waals surface area (Å²) < 4.78 is 8.88. The van der Waals surface area contributed by atoms with Crippen molar-refractivity contribution in [2.45, 2.75) is 0 Å². The molecular formula is H37MgNNaO18P. The Morgan fingerprint density at radius 1 is 0.500 bits per heavy atom. The molecule has 0 heterocycles. The van der Waals surface area contributed by atoms with E-state index in [9.17, 15) is 0 Å². The van der Waals surface area contributed by atoms with Gasteiger partial charge in [0.15, 0.2) is 0 Å². The van der Waals surface area contributed by atoms with E-state index < -0.39 is 7.82 Å². The van der Waals surface area contributed by atoms with Crippen molar-refractivity contribution >= 4 is 30.9 Å². The molecule has 0 aromatic carbocycles. The SMILES string of the molecule is N.O.O.O.O.O.O.O.O.O.O.O.O.O.O.O=P(O)(O)O.[H-].[H-].[H-].[Mg+2].[Na+]. The third kappa shape index (κ3) is 5370. The molecule has 0 bridgehead atoms. The van der Waals surface area contributed by atoms with Crippen LogP contribution in [0.3, 0.4) is 0 Å². The zero-order chi connectivity index (χ0) is 4.50. The summed E-state index contributed by atoms with van der Waals surface area (Å²) in [6.07, 6.45) is 0. The first kappa shape index (κ1) is 415. The molecular weight excluding hydrogens is 380 g/mol. The van der Waals surface area contributed by atoms with Crippen LogP contribution in [0, 0.1) is 0 Å². The van der Waals surface area contributed by atoms with Crippen LogP contribution in [0.2, 0.25) is 0 Å². The number of phosphoric acid groups is 1. The Balaban J connectivity index is -0.000000000421. The maximum Gasteiger partial charge on any atom is 2.00 e. The van der Waals surface area contributed by atoms with Crippen molar-refractivity contribution in [3.8, 4) is 0 Å². The van der Waals surface area contributed by atoms with E-state index in [-0.39, 0.29) is 140 Å². The first-order chi connectivity index (χ1) is 2.00. The zero-order valence-electron chi connectivity index (χ0n) is 14.6. The second kappa shape index (κ2) is 190. The van der Waals surface area contributed by atoms with Crippen LogP contribution in [-0.2, 0) is 4.57 Å². The summed E-state index contributed by atoms with van der Waals surface area (Å²) in [4.78, 5) is 21.6. The van der Waals surface area contributed by atoms with Gasteiger partial charge in [0.05, 0.1) is 0 Å². The van der Waals surface area contributed by atoms with Gasteiger partial charge in [-0.05, 0) is 0 Å². The van der Waals surface area contributed by atoms with E-state index in [0.717, 1.165) is 0 Å². The molecule has 19 nitrogen and oxygen atoms in total. The minimum atomic E-state index is -4.64. The summed E-state index contributed by atoms with van der Waals surface area (Å²) in [6.45, 7) is 0. The Morgan fingerprint density at radius 3 is 0.500 bits per heavy atom. The predicted octanol–water partition coefficient (Wildman–Crippen LogP) is -15.4. The summed E-state index contributed by atoms with van der Waals surface area (Å²) in [5, 5.41) is 0. The minimum absolute atomic E-state index is 0. The molecule has 0 aliphatic heterocycles. The Bertz CT molecular complexity index is 82.5. The van der Waals surface area contributed by atoms with Crippen molar-refractivity contribution < 1.29 is 130 Å². The maximum atomic E-state index is 8.88. The Kier molecular flexibility index (Phi) is 3590. The molecule has 0 unspecified atom stereocenters. The van der Waals surface area contributed by atoms with Gasteiger partial charge in [0, 0.05) is 0 Å². The van der Waals surface area contributed by atoms with Gasteiger partial charge < -0.3 is 102 Å². The van der Waals surface area contributed by atoms with Gasteiger partial charge in [-0.15, -0.1) is 0 Å². The summed E-state index contributed by atoms with van der Waals surface area (Å²) in [5.74, 6) is 0. The third-order valence-electron chi connectivity index (χ3n) is 0. The van der Waals surface area contributed by atoms with Crippen molar-refractivity contribution in [1.29, 1.82) is 0 Å². The van der Waals surface area contributed by atoms with E-state index in [1.54, 1.807) is 0 Å². The first-order valence-electron chi connectivity index (χ1n) is 0.783. The van der Waals surface area contributed by atoms with Gasteiger partial charge in [-0.2, -0.15) is 0 Å². The van der Waals surface area contributed by atoms with Gasteiger partial charge in [-0.1, -0.05) is 0 Å². The number of rotatable bonds is 0. The molecule has 0 aromatic rings. The van der Waals surface area contributed by atoms with Crippen LogP contribution in [0.15, 0.2) is 0 Å². The molecule has 0 fully saturated rings. The van der Waals surface area contributed by atoms with Crippen molar-refractivity contribution in [2.24, 2.45) is 0 Å². The van der Waals surface area contributed by atoms with Crippen LogP contribution in [0.1, 0.15) is 4.28 Å². The van der Waals surface area contributed by atoms with Gasteiger partial charge in [0.2, 0.25) is 0 Å². The van der Waals surface area contributed by atoms with Crippen LogP contribution in [0.25, 0.3) is 0 Å². The van der Waals surface area contributed by atoms with E-state index in [1.807, 2.05) is 0 Å². The van der Waals surface area contributed by atoms with Gasteiger partial charge in [-0.25, -0.2) is 4.57 Å². The standard InChI is InChI=1S/Mg.H3N.Na.H3O4P.14H2O.3H/c;;;1-5(2,3)4;;;;;;;;;;;;;;;;;/h;1H3;;(H3,1,2,3,4);14*1H2;;;/q+2;;+1;;;;;;;;;;;;;;;;3*-1. The molecule has 0 amide bonds. The monoisotopic (exact) mass is 417 g/mol. The van der Waals surface area contributed by atoms with Crippen molar-refractivity contribution in [3.05, 3.63) is 0 Å². The normalized spacial score (nSPS) is 2.68. The largest absolute Gasteiger partial charge is 2.00 e. The topological polar surface area (TPSA) is 554 Å². The Morgan fingerprint density at radius 2 is 0.500 bits per heavy atom. The molecule has 0 saturated carbocycles. The molecule has 22 heavy (non-hydrogen) atoms. The summed E-state index contributed by atoms with van der Waals surface area (Å²) in [5.41, 5.74) is 0. The zero-order valence-corrected chi connectivity index (χ0v) is 15.9. The number of hydrogen-bond acceptors (Lipinski definition) is 2. The van der Waals surface area contributed by atoms with E-state index >= 15 is 0 Å². The fourth-order valence-electron chi connectivity index (χ4n) is 0. The molecule has 0 aliphatic rings. The molecule has 0 aromatic heterocycles. The van der Waals surface area contributed by atoms with Crippen LogP contribution in [0.5, 0.6) is 0 Å². The van der Waals surface area contributed by atoms with Crippen LogP contribution in [0.4, 0.5) is 0 Å². The maximum absolute atomic E-state index is 8.88. The fraction of sp³-hybridized carbons (Fsp3) is 0. The molecule has 0 radical (unpaired) electrons. The van der Waals surface area contributed by atoms with Gasteiger partial charge in [-0.3, -0.25) is 0 Å². The molecule has 0 aliphatic carbocycles. The van der Waals surface area contributed by atoms with Crippen molar-refractivity contribution in [2.75, 3.05) is 0 Å². The second-order valence-corrected chi connectivity index (χ2v) is 1.54. The van der Waals surface area contributed by atoms with Crippen LogP contribution < -0.4 is 35.7 Å². The van der Waals surface area contributed by atoms with Crippen LogP contribution >= 0.6 is 7.82 Å². The molecule has 0 saturated heterocycles. The molecule has 22 heteroatoms. The minimum Gasteiger partial charge on any atom is -1.00 e. The quantitative estimate of drug-likeness (QED) is 0.219. The molecule has 158 valence electrons. The Labute approximate surface area is 166 Å².